The van der Waals surface area contributed by atoms with E-state index in [9.17, 15) is 19.2 Å². The SMILES string of the molecule is CN1CCN(C2CCN(C(=O)C(CC(=O)N3CCC(N4Cc5ccccc5NC4=O)CC3)Cc3cc(Br)c(N)c(Br)c3)CC2)CC1OC(=O)O. The minimum atomic E-state index is -1.28. The highest BCUT2D eigenvalue weighted by Gasteiger charge is 2.37. The summed E-state index contributed by atoms with van der Waals surface area (Å²) in [6.45, 7) is 4.72. The number of likely N-dealkylation sites (tertiary alicyclic amines) is 2. The van der Waals surface area contributed by atoms with E-state index >= 15 is 0 Å². The second-order valence-electron chi connectivity index (χ2n) is 13.8. The van der Waals surface area contributed by atoms with Crippen molar-refractivity contribution in [3.8, 4) is 0 Å². The molecule has 0 saturated carbocycles. The summed E-state index contributed by atoms with van der Waals surface area (Å²) in [6, 6.07) is 11.8. The number of nitrogen functional groups attached to an aromatic ring is 1. The molecular formula is C35H45Br2N7O6. The fourth-order valence-electron chi connectivity index (χ4n) is 7.72. The van der Waals surface area contributed by atoms with E-state index in [1.807, 2.05) is 63.0 Å². The van der Waals surface area contributed by atoms with Crippen molar-refractivity contribution < 1.29 is 29.0 Å². The largest absolute Gasteiger partial charge is 0.507 e. The van der Waals surface area contributed by atoms with E-state index in [2.05, 4.69) is 42.1 Å². The Morgan fingerprint density at radius 2 is 1.60 bits per heavy atom. The normalized spacial score (nSPS) is 21.8. The summed E-state index contributed by atoms with van der Waals surface area (Å²) in [5.41, 5.74) is 9.55. The maximum absolute atomic E-state index is 14.2. The first-order valence-electron chi connectivity index (χ1n) is 17.3. The molecule has 50 heavy (non-hydrogen) atoms. The highest BCUT2D eigenvalue weighted by molar-refractivity contribution is 9.11. The lowest BCUT2D eigenvalue weighted by atomic mass is 9.91. The van der Waals surface area contributed by atoms with Gasteiger partial charge in [-0.2, -0.15) is 0 Å². The zero-order chi connectivity index (χ0) is 35.5. The summed E-state index contributed by atoms with van der Waals surface area (Å²) in [5, 5.41) is 12.2. The number of urea groups is 1. The van der Waals surface area contributed by atoms with E-state index in [-0.39, 0.29) is 36.3 Å². The molecular weight excluding hydrogens is 774 g/mol. The number of benzene rings is 2. The van der Waals surface area contributed by atoms with Gasteiger partial charge in [-0.25, -0.2) is 9.59 Å². The summed E-state index contributed by atoms with van der Waals surface area (Å²) < 4.78 is 6.55. The highest BCUT2D eigenvalue weighted by atomic mass is 79.9. The standard InChI is InChI=1S/C35H45Br2N7O6/c1-40-14-15-43(21-31(40)50-35(48)49)25-6-12-42(13-7-25)33(46)24(16-22-17-27(36)32(38)28(37)18-22)19-30(45)41-10-8-26(9-11-41)44-20-23-4-2-3-5-29(23)39-34(44)47/h2-5,17-18,24-26,31H,6-16,19-21,38H2,1H3,(H,39,47)(H,48,49). The molecule has 2 unspecified atom stereocenters. The van der Waals surface area contributed by atoms with Crippen LogP contribution in [0.5, 0.6) is 0 Å². The predicted molar refractivity (Wildman–Crippen MR) is 195 cm³/mol. The molecule has 4 amide bonds. The van der Waals surface area contributed by atoms with Crippen LogP contribution in [0.4, 0.5) is 21.0 Å². The van der Waals surface area contributed by atoms with Crippen LogP contribution < -0.4 is 11.1 Å². The van der Waals surface area contributed by atoms with Gasteiger partial charge >= 0.3 is 12.2 Å². The number of piperazine rings is 1. The Hall–Kier alpha value is -3.40. The maximum Gasteiger partial charge on any atom is 0.507 e. The number of hydrogen-bond acceptors (Lipinski definition) is 8. The second kappa shape index (κ2) is 15.9. The fraction of sp³-hybridized carbons (Fsp3) is 0.543. The number of anilines is 2. The molecule has 2 aromatic rings. The molecule has 0 aliphatic carbocycles. The maximum atomic E-state index is 14.2. The number of para-hydroxylation sites is 1. The van der Waals surface area contributed by atoms with Crippen LogP contribution in [0, 0.1) is 5.92 Å². The summed E-state index contributed by atoms with van der Waals surface area (Å²) in [7, 11) is 1.86. The number of piperidine rings is 2. The van der Waals surface area contributed by atoms with Gasteiger partial charge in [0.05, 0.1) is 11.6 Å². The summed E-state index contributed by atoms with van der Waals surface area (Å²) in [5.74, 6) is -0.647. The van der Waals surface area contributed by atoms with Gasteiger partial charge in [-0.15, -0.1) is 0 Å². The molecule has 4 N–H and O–H groups in total. The summed E-state index contributed by atoms with van der Waals surface area (Å²) in [6.07, 6.45) is 1.55. The van der Waals surface area contributed by atoms with Crippen LogP contribution in [0.25, 0.3) is 0 Å². The third-order valence-electron chi connectivity index (χ3n) is 10.7. The van der Waals surface area contributed by atoms with Crippen LogP contribution in [0.3, 0.4) is 0 Å². The number of carbonyl (C=O) groups is 4. The van der Waals surface area contributed by atoms with Gasteiger partial charge < -0.3 is 35.6 Å². The van der Waals surface area contributed by atoms with Crippen molar-refractivity contribution >= 4 is 67.2 Å². The molecule has 0 bridgehead atoms. The minimum Gasteiger partial charge on any atom is -0.450 e. The van der Waals surface area contributed by atoms with Gasteiger partial charge in [-0.3, -0.25) is 19.4 Å². The third-order valence-corrected chi connectivity index (χ3v) is 12.0. The molecule has 3 saturated heterocycles. The third kappa shape index (κ3) is 8.38. The number of carboxylic acid groups (broad SMARTS) is 1. The van der Waals surface area contributed by atoms with E-state index in [0.29, 0.717) is 70.8 Å². The molecule has 0 spiro atoms. The lowest BCUT2D eigenvalue weighted by Crippen LogP contribution is -2.58. The van der Waals surface area contributed by atoms with E-state index in [1.165, 1.54) is 0 Å². The van der Waals surface area contributed by atoms with E-state index < -0.39 is 18.3 Å². The van der Waals surface area contributed by atoms with Crippen molar-refractivity contribution in [1.29, 1.82) is 0 Å². The lowest BCUT2D eigenvalue weighted by molar-refractivity contribution is -0.143. The summed E-state index contributed by atoms with van der Waals surface area (Å²) >= 11 is 7.05. The number of amides is 4. The second-order valence-corrected chi connectivity index (χ2v) is 15.5. The van der Waals surface area contributed by atoms with Crippen molar-refractivity contribution in [3.05, 3.63) is 56.5 Å². The molecule has 0 radical (unpaired) electrons. The van der Waals surface area contributed by atoms with Gasteiger partial charge in [0, 0.05) is 85.5 Å². The monoisotopic (exact) mass is 817 g/mol. The van der Waals surface area contributed by atoms with Crippen molar-refractivity contribution in [2.75, 3.05) is 63.9 Å². The Bertz CT molecular complexity index is 1570. The molecule has 4 aliphatic heterocycles. The Labute approximate surface area is 309 Å². The summed E-state index contributed by atoms with van der Waals surface area (Å²) in [4.78, 5) is 61.9. The molecule has 6 rings (SSSR count). The minimum absolute atomic E-state index is 0.0295. The molecule has 270 valence electrons. The van der Waals surface area contributed by atoms with Crippen LogP contribution >= 0.6 is 31.9 Å². The molecule has 0 aromatic heterocycles. The fourth-order valence-corrected chi connectivity index (χ4v) is 9.00. The molecule has 15 heteroatoms. The number of carbonyl (C=O) groups excluding carboxylic acids is 3. The van der Waals surface area contributed by atoms with Crippen LogP contribution in [-0.2, 0) is 27.3 Å². The van der Waals surface area contributed by atoms with Gasteiger partial charge in [0.2, 0.25) is 11.8 Å². The Balaban J connectivity index is 1.08. The number of ether oxygens (including phenoxy) is 1. The van der Waals surface area contributed by atoms with Gasteiger partial charge in [-0.1, -0.05) is 18.2 Å². The van der Waals surface area contributed by atoms with Gasteiger partial charge in [0.15, 0.2) is 6.23 Å². The zero-order valence-corrected chi connectivity index (χ0v) is 31.4. The van der Waals surface area contributed by atoms with Gasteiger partial charge in [0.1, 0.15) is 0 Å². The first-order valence-corrected chi connectivity index (χ1v) is 18.8. The zero-order valence-electron chi connectivity index (χ0n) is 28.2. The topological polar surface area (TPSA) is 152 Å². The lowest BCUT2D eigenvalue weighted by Gasteiger charge is -2.45. The van der Waals surface area contributed by atoms with E-state index in [1.54, 1.807) is 0 Å². The number of halogens is 2. The first-order chi connectivity index (χ1) is 24.0. The predicted octanol–water partition coefficient (Wildman–Crippen LogP) is 4.64. The Morgan fingerprint density at radius 3 is 2.28 bits per heavy atom. The van der Waals surface area contributed by atoms with Crippen molar-refractivity contribution in [2.24, 2.45) is 5.92 Å². The number of nitrogens with two attached hydrogens (primary N) is 1. The van der Waals surface area contributed by atoms with Crippen molar-refractivity contribution in [2.45, 2.75) is 63.4 Å². The number of rotatable bonds is 8. The first kappa shape index (κ1) is 36.4. The molecule has 2 aromatic carbocycles. The smallest absolute Gasteiger partial charge is 0.450 e. The van der Waals surface area contributed by atoms with E-state index in [0.717, 1.165) is 45.1 Å². The highest BCUT2D eigenvalue weighted by Crippen LogP contribution is 2.33. The molecule has 4 heterocycles. The van der Waals surface area contributed by atoms with Crippen LogP contribution in [0.1, 0.15) is 43.2 Å². The average Bonchev–Trinajstić information content (AvgIpc) is 3.10. The number of likely N-dealkylation sites (N-methyl/N-ethyl adjacent to an activating group) is 1. The Kier molecular flexibility index (Phi) is 11.6. The van der Waals surface area contributed by atoms with Crippen molar-refractivity contribution in [1.82, 2.24) is 24.5 Å². The van der Waals surface area contributed by atoms with Gasteiger partial charge in [-0.05, 0) is 100 Å². The number of hydrogen-bond donors (Lipinski definition) is 3. The number of nitrogens with one attached hydrogen (secondary N) is 1. The van der Waals surface area contributed by atoms with Crippen LogP contribution in [0.2, 0.25) is 0 Å². The molecule has 3 fully saturated rings. The molecule has 2 atom stereocenters. The molecule has 4 aliphatic rings. The van der Waals surface area contributed by atoms with Gasteiger partial charge in [0.25, 0.3) is 0 Å². The average molecular weight is 820 g/mol. The quantitative estimate of drug-likeness (QED) is 0.256. The van der Waals surface area contributed by atoms with Crippen LogP contribution in [-0.4, -0.2) is 125 Å². The van der Waals surface area contributed by atoms with Crippen LogP contribution in [0.15, 0.2) is 45.3 Å². The number of fused-ring (bicyclic) bond motifs is 1. The number of nitrogens with zero attached hydrogens (tertiary/aromatic N) is 5. The van der Waals surface area contributed by atoms with E-state index in [4.69, 9.17) is 15.6 Å². The molecule has 13 nitrogen and oxygen atoms in total. The van der Waals surface area contributed by atoms with Crippen molar-refractivity contribution in [3.63, 3.8) is 0 Å². The Morgan fingerprint density at radius 1 is 0.960 bits per heavy atom.